The first-order valence-electron chi connectivity index (χ1n) is 6.24. The zero-order valence-electron chi connectivity index (χ0n) is 11.1. The van der Waals surface area contributed by atoms with Gasteiger partial charge in [-0.2, -0.15) is 0 Å². The molecule has 6 heteroatoms. The van der Waals surface area contributed by atoms with E-state index in [0.717, 1.165) is 17.3 Å². The molecule has 1 aromatic heterocycles. The predicted molar refractivity (Wildman–Crippen MR) is 76.3 cm³/mol. The molecule has 0 aromatic carbocycles. The van der Waals surface area contributed by atoms with E-state index in [0.29, 0.717) is 17.9 Å². The molecule has 1 aromatic rings. The first-order valence-corrected chi connectivity index (χ1v) is 7.03. The molecule has 0 N–H and O–H groups in total. The van der Waals surface area contributed by atoms with Gasteiger partial charge in [0.05, 0.1) is 11.6 Å². The van der Waals surface area contributed by atoms with Gasteiger partial charge in [-0.15, -0.1) is 0 Å². The van der Waals surface area contributed by atoms with Crippen molar-refractivity contribution in [2.45, 2.75) is 18.9 Å². The average molecular weight is 330 g/mol. The second-order valence-corrected chi connectivity index (χ2v) is 5.78. The lowest BCUT2D eigenvalue weighted by Gasteiger charge is -2.24. The molecular weight excluding hydrogens is 313 g/mol. The lowest BCUT2D eigenvalue weighted by Crippen LogP contribution is -2.37. The first-order chi connectivity index (χ1) is 9.04. The van der Waals surface area contributed by atoms with Crippen molar-refractivity contribution in [3.63, 3.8) is 0 Å². The van der Waals surface area contributed by atoms with E-state index in [2.05, 4.69) is 20.9 Å². The highest BCUT2D eigenvalue weighted by atomic mass is 79.9. The quantitative estimate of drug-likeness (QED) is 0.854. The molecule has 1 fully saturated rings. The number of amides is 1. The van der Waals surface area contributed by atoms with Crippen molar-refractivity contribution in [2.24, 2.45) is 0 Å². The van der Waals surface area contributed by atoms with Crippen LogP contribution in [0, 0.1) is 0 Å². The molecule has 1 aliphatic rings. The van der Waals surface area contributed by atoms with Crippen LogP contribution in [0.1, 0.15) is 23.2 Å². The Bertz CT molecular complexity index is 481. The number of aromatic nitrogens is 1. The number of pyridine rings is 1. The lowest BCUT2D eigenvalue weighted by molar-refractivity contribution is 0.0716. The van der Waals surface area contributed by atoms with Crippen molar-refractivity contribution in [2.75, 3.05) is 32.2 Å². The standard InChI is InChI=1S/C13H17BrFN3O/c1-17(2)12-11(6-9(14)8-16-12)13(19)18-5-3-4-10(18)7-15/h6,8,10H,3-5,7H2,1-2H3/t10-/m0/s1. The first kappa shape index (κ1) is 14.2. The summed E-state index contributed by atoms with van der Waals surface area (Å²) < 4.78 is 13.7. The number of alkyl halides is 1. The summed E-state index contributed by atoms with van der Waals surface area (Å²) in [4.78, 5) is 20.2. The van der Waals surface area contributed by atoms with Gasteiger partial charge in [0.15, 0.2) is 0 Å². The van der Waals surface area contributed by atoms with Crippen molar-refractivity contribution in [1.82, 2.24) is 9.88 Å². The van der Waals surface area contributed by atoms with Crippen LogP contribution in [0.2, 0.25) is 0 Å². The molecule has 0 aliphatic carbocycles. The van der Waals surface area contributed by atoms with Gasteiger partial charge in [-0.05, 0) is 34.8 Å². The predicted octanol–water partition coefficient (Wildman–Crippen LogP) is 2.48. The number of rotatable bonds is 3. The van der Waals surface area contributed by atoms with E-state index in [1.54, 1.807) is 22.1 Å². The number of carbonyl (C=O) groups is 1. The van der Waals surface area contributed by atoms with Gasteiger partial charge in [0, 0.05) is 31.3 Å². The monoisotopic (exact) mass is 329 g/mol. The minimum atomic E-state index is -0.482. The molecule has 0 radical (unpaired) electrons. The van der Waals surface area contributed by atoms with Crippen LogP contribution < -0.4 is 4.90 Å². The number of hydrogen-bond acceptors (Lipinski definition) is 3. The van der Waals surface area contributed by atoms with Crippen LogP contribution in [-0.2, 0) is 0 Å². The molecule has 0 bridgehead atoms. The summed E-state index contributed by atoms with van der Waals surface area (Å²) in [6.07, 6.45) is 3.25. The van der Waals surface area contributed by atoms with Gasteiger partial charge >= 0.3 is 0 Å². The topological polar surface area (TPSA) is 36.4 Å². The van der Waals surface area contributed by atoms with Crippen molar-refractivity contribution in [3.8, 4) is 0 Å². The molecule has 1 amide bonds. The Hall–Kier alpha value is -1.17. The molecule has 2 heterocycles. The lowest BCUT2D eigenvalue weighted by atomic mass is 10.2. The molecule has 0 spiro atoms. The summed E-state index contributed by atoms with van der Waals surface area (Å²) in [5.74, 6) is 0.468. The second kappa shape index (κ2) is 5.86. The Morgan fingerprint density at radius 2 is 2.37 bits per heavy atom. The number of carbonyl (C=O) groups excluding carboxylic acids is 1. The third-order valence-corrected chi connectivity index (χ3v) is 3.74. The average Bonchev–Trinajstić information content (AvgIpc) is 2.85. The van der Waals surface area contributed by atoms with E-state index >= 15 is 0 Å². The fraction of sp³-hybridized carbons (Fsp3) is 0.538. The van der Waals surface area contributed by atoms with Gasteiger partial charge in [0.2, 0.25) is 0 Å². The Morgan fingerprint density at radius 3 is 3.00 bits per heavy atom. The number of halogens is 2. The van der Waals surface area contributed by atoms with Gasteiger partial charge in [0.25, 0.3) is 5.91 Å². The Labute approximate surface area is 120 Å². The highest BCUT2D eigenvalue weighted by Crippen LogP contribution is 2.26. The molecule has 104 valence electrons. The summed E-state index contributed by atoms with van der Waals surface area (Å²) in [6.45, 7) is 0.136. The van der Waals surface area contributed by atoms with Crippen molar-refractivity contribution in [1.29, 1.82) is 0 Å². The van der Waals surface area contributed by atoms with E-state index in [4.69, 9.17) is 0 Å². The molecular formula is C13H17BrFN3O. The fourth-order valence-corrected chi connectivity index (χ4v) is 2.70. The fourth-order valence-electron chi connectivity index (χ4n) is 2.36. The highest BCUT2D eigenvalue weighted by molar-refractivity contribution is 9.10. The van der Waals surface area contributed by atoms with Crippen LogP contribution >= 0.6 is 15.9 Å². The molecule has 2 rings (SSSR count). The second-order valence-electron chi connectivity index (χ2n) is 4.87. The van der Waals surface area contributed by atoms with E-state index in [9.17, 15) is 9.18 Å². The SMILES string of the molecule is CN(C)c1ncc(Br)cc1C(=O)N1CCC[C@H]1CF. The number of likely N-dealkylation sites (tertiary alicyclic amines) is 1. The summed E-state index contributed by atoms with van der Waals surface area (Å²) in [7, 11) is 3.67. The van der Waals surface area contributed by atoms with Gasteiger partial charge in [-0.3, -0.25) is 4.79 Å². The van der Waals surface area contributed by atoms with Crippen LogP contribution in [0.25, 0.3) is 0 Å². The number of nitrogens with zero attached hydrogens (tertiary/aromatic N) is 3. The van der Waals surface area contributed by atoms with E-state index in [1.165, 1.54) is 0 Å². The van der Waals surface area contributed by atoms with Crippen molar-refractivity contribution in [3.05, 3.63) is 22.3 Å². The smallest absolute Gasteiger partial charge is 0.257 e. The van der Waals surface area contributed by atoms with E-state index in [1.807, 2.05) is 14.1 Å². The van der Waals surface area contributed by atoms with Gasteiger partial charge in [-0.1, -0.05) is 0 Å². The van der Waals surface area contributed by atoms with Crippen LogP contribution in [0.5, 0.6) is 0 Å². The van der Waals surface area contributed by atoms with E-state index < -0.39 is 6.67 Å². The summed E-state index contributed by atoms with van der Waals surface area (Å²) in [5.41, 5.74) is 0.514. The number of hydrogen-bond donors (Lipinski definition) is 0. The Kier molecular flexibility index (Phi) is 4.39. The summed E-state index contributed by atoms with van der Waals surface area (Å²) >= 11 is 3.33. The molecule has 4 nitrogen and oxygen atoms in total. The van der Waals surface area contributed by atoms with Gasteiger partial charge in [-0.25, -0.2) is 9.37 Å². The Morgan fingerprint density at radius 1 is 1.63 bits per heavy atom. The van der Waals surface area contributed by atoms with Gasteiger partial charge in [0.1, 0.15) is 12.5 Å². The van der Waals surface area contributed by atoms with Crippen LogP contribution in [0.15, 0.2) is 16.7 Å². The minimum Gasteiger partial charge on any atom is -0.362 e. The third-order valence-electron chi connectivity index (χ3n) is 3.30. The molecule has 1 aliphatic heterocycles. The maximum absolute atomic E-state index is 12.9. The molecule has 0 saturated carbocycles. The molecule has 1 atom stereocenters. The highest BCUT2D eigenvalue weighted by Gasteiger charge is 2.31. The van der Waals surface area contributed by atoms with Crippen LogP contribution in [0.4, 0.5) is 10.2 Å². The van der Waals surface area contributed by atoms with E-state index in [-0.39, 0.29) is 11.9 Å². The normalized spacial score (nSPS) is 18.7. The van der Waals surface area contributed by atoms with Gasteiger partial charge < -0.3 is 9.80 Å². The number of anilines is 1. The summed E-state index contributed by atoms with van der Waals surface area (Å²) in [5, 5.41) is 0. The molecule has 1 saturated heterocycles. The molecule has 19 heavy (non-hydrogen) atoms. The largest absolute Gasteiger partial charge is 0.362 e. The van der Waals surface area contributed by atoms with Crippen molar-refractivity contribution >= 4 is 27.7 Å². The maximum atomic E-state index is 12.9. The third kappa shape index (κ3) is 2.88. The van der Waals surface area contributed by atoms with Crippen molar-refractivity contribution < 1.29 is 9.18 Å². The van der Waals surface area contributed by atoms with Crippen LogP contribution in [0.3, 0.4) is 0 Å². The molecule has 0 unspecified atom stereocenters. The Balaban J connectivity index is 2.35. The zero-order valence-corrected chi connectivity index (χ0v) is 12.7. The summed E-state index contributed by atoms with van der Waals surface area (Å²) in [6, 6.07) is 1.46. The zero-order chi connectivity index (χ0) is 14.0. The minimum absolute atomic E-state index is 0.141. The van der Waals surface area contributed by atoms with Crippen LogP contribution in [-0.4, -0.2) is 49.1 Å². The maximum Gasteiger partial charge on any atom is 0.257 e.